The van der Waals surface area contributed by atoms with Crippen molar-refractivity contribution in [3.8, 4) is 0 Å². The summed E-state index contributed by atoms with van der Waals surface area (Å²) >= 11 is 0. The minimum atomic E-state index is -2.63. The van der Waals surface area contributed by atoms with E-state index in [-0.39, 0.29) is 17.7 Å². The van der Waals surface area contributed by atoms with Crippen molar-refractivity contribution < 1.29 is 18.3 Å². The average Bonchev–Trinajstić information content (AvgIpc) is 2.17. The number of hydrogen-bond acceptors (Lipinski definition) is 3. The highest BCUT2D eigenvalue weighted by molar-refractivity contribution is 5.72. The van der Waals surface area contributed by atoms with Crippen LogP contribution in [0.3, 0.4) is 0 Å². The molecule has 0 saturated heterocycles. The molecule has 0 aliphatic carbocycles. The van der Waals surface area contributed by atoms with Crippen LogP contribution in [0.5, 0.6) is 0 Å². The lowest BCUT2D eigenvalue weighted by Gasteiger charge is -2.09. The van der Waals surface area contributed by atoms with E-state index in [1.165, 1.54) is 19.4 Å². The molecule has 1 aromatic heterocycles. The van der Waals surface area contributed by atoms with Crippen molar-refractivity contribution in [1.82, 2.24) is 4.98 Å². The summed E-state index contributed by atoms with van der Waals surface area (Å²) in [6.07, 6.45) is -1.45. The molecule has 0 fully saturated rings. The van der Waals surface area contributed by atoms with Gasteiger partial charge in [-0.2, -0.15) is 0 Å². The van der Waals surface area contributed by atoms with Crippen molar-refractivity contribution in [3.05, 3.63) is 29.1 Å². The van der Waals surface area contributed by atoms with Gasteiger partial charge in [-0.05, 0) is 18.6 Å². The number of hydrogen-bond donors (Lipinski definition) is 0. The van der Waals surface area contributed by atoms with Crippen LogP contribution in [0.4, 0.5) is 8.78 Å². The van der Waals surface area contributed by atoms with E-state index in [0.29, 0.717) is 5.56 Å². The summed E-state index contributed by atoms with van der Waals surface area (Å²) in [6, 6.07) is 1.49. The SMILES string of the molecule is COC(=O)Cc1nccc(C)c1C(F)F. The second-order valence-electron chi connectivity index (χ2n) is 3.04. The maximum absolute atomic E-state index is 12.7. The van der Waals surface area contributed by atoms with Gasteiger partial charge >= 0.3 is 5.97 Å². The third kappa shape index (κ3) is 2.71. The van der Waals surface area contributed by atoms with E-state index in [1.807, 2.05) is 0 Å². The summed E-state index contributed by atoms with van der Waals surface area (Å²) in [6.45, 7) is 1.56. The topological polar surface area (TPSA) is 39.2 Å². The highest BCUT2D eigenvalue weighted by Crippen LogP contribution is 2.25. The van der Waals surface area contributed by atoms with Crippen LogP contribution < -0.4 is 0 Å². The second kappa shape index (κ2) is 4.82. The first-order valence-corrected chi connectivity index (χ1v) is 4.35. The molecule has 1 heterocycles. The molecule has 0 unspecified atom stereocenters. The standard InChI is InChI=1S/C10H11F2NO2/c1-6-3-4-13-7(5-8(14)15-2)9(6)10(11)12/h3-4,10H,5H2,1-2H3. The van der Waals surface area contributed by atoms with Crippen molar-refractivity contribution in [2.75, 3.05) is 7.11 Å². The van der Waals surface area contributed by atoms with Gasteiger partial charge in [0.1, 0.15) is 0 Å². The number of carbonyl (C=O) groups excluding carboxylic acids is 1. The Morgan fingerprint density at radius 2 is 2.27 bits per heavy atom. The lowest BCUT2D eigenvalue weighted by molar-refractivity contribution is -0.139. The van der Waals surface area contributed by atoms with E-state index in [1.54, 1.807) is 6.92 Å². The average molecular weight is 215 g/mol. The number of methoxy groups -OCH3 is 1. The number of carbonyl (C=O) groups is 1. The van der Waals surface area contributed by atoms with Gasteiger partial charge in [-0.25, -0.2) is 8.78 Å². The summed E-state index contributed by atoms with van der Waals surface area (Å²) in [5.74, 6) is -0.574. The molecule has 3 nitrogen and oxygen atoms in total. The van der Waals surface area contributed by atoms with Crippen LogP contribution in [-0.2, 0) is 16.0 Å². The Labute approximate surface area is 86.1 Å². The number of aryl methyl sites for hydroxylation is 1. The molecule has 5 heteroatoms. The number of pyridine rings is 1. The second-order valence-corrected chi connectivity index (χ2v) is 3.04. The fraction of sp³-hybridized carbons (Fsp3) is 0.400. The molecule has 1 rings (SSSR count). The molecule has 0 N–H and O–H groups in total. The van der Waals surface area contributed by atoms with Crippen LogP contribution in [0.25, 0.3) is 0 Å². The number of alkyl halides is 2. The van der Waals surface area contributed by atoms with Crippen LogP contribution in [0, 0.1) is 6.92 Å². The van der Waals surface area contributed by atoms with E-state index in [9.17, 15) is 13.6 Å². The van der Waals surface area contributed by atoms with E-state index < -0.39 is 12.4 Å². The molecule has 15 heavy (non-hydrogen) atoms. The third-order valence-corrected chi connectivity index (χ3v) is 2.05. The lowest BCUT2D eigenvalue weighted by atomic mass is 10.1. The predicted molar refractivity (Wildman–Crippen MR) is 49.7 cm³/mol. The minimum absolute atomic E-state index is 0.0804. The molecule has 0 spiro atoms. The molecule has 0 saturated carbocycles. The van der Waals surface area contributed by atoms with E-state index >= 15 is 0 Å². The maximum Gasteiger partial charge on any atom is 0.311 e. The van der Waals surface area contributed by atoms with Gasteiger partial charge in [-0.15, -0.1) is 0 Å². The quantitative estimate of drug-likeness (QED) is 0.724. The first-order chi connectivity index (χ1) is 7.06. The van der Waals surface area contributed by atoms with Crippen molar-refractivity contribution in [3.63, 3.8) is 0 Å². The van der Waals surface area contributed by atoms with Gasteiger partial charge in [0.05, 0.1) is 19.2 Å². The van der Waals surface area contributed by atoms with Crippen LogP contribution in [0.2, 0.25) is 0 Å². The minimum Gasteiger partial charge on any atom is -0.469 e. The fourth-order valence-corrected chi connectivity index (χ4v) is 1.27. The predicted octanol–water partition coefficient (Wildman–Crippen LogP) is 2.04. The number of rotatable bonds is 3. The number of aromatic nitrogens is 1. The van der Waals surface area contributed by atoms with E-state index in [4.69, 9.17) is 0 Å². The lowest BCUT2D eigenvalue weighted by Crippen LogP contribution is -2.10. The smallest absolute Gasteiger partial charge is 0.311 e. The van der Waals surface area contributed by atoms with Crippen molar-refractivity contribution in [2.24, 2.45) is 0 Å². The number of nitrogens with zero attached hydrogens (tertiary/aromatic N) is 1. The Hall–Kier alpha value is -1.52. The summed E-state index contributed by atoms with van der Waals surface area (Å²) < 4.78 is 29.7. The zero-order valence-corrected chi connectivity index (χ0v) is 8.46. The maximum atomic E-state index is 12.7. The summed E-state index contributed by atoms with van der Waals surface area (Å²) in [5, 5.41) is 0. The fourth-order valence-electron chi connectivity index (χ4n) is 1.27. The van der Waals surface area contributed by atoms with Gasteiger partial charge in [0.25, 0.3) is 6.43 Å². The van der Waals surface area contributed by atoms with Crippen LogP contribution in [0.1, 0.15) is 23.2 Å². The van der Waals surface area contributed by atoms with E-state index in [2.05, 4.69) is 9.72 Å². The number of ether oxygens (including phenoxy) is 1. The highest BCUT2D eigenvalue weighted by Gasteiger charge is 2.18. The van der Waals surface area contributed by atoms with Gasteiger partial charge in [0.15, 0.2) is 0 Å². The summed E-state index contributed by atoms with van der Waals surface area (Å²) in [4.78, 5) is 14.7. The monoisotopic (exact) mass is 215 g/mol. The molecular weight excluding hydrogens is 204 g/mol. The summed E-state index contributed by atoms with van der Waals surface area (Å²) in [5.41, 5.74) is 0.332. The Kier molecular flexibility index (Phi) is 3.71. The Balaban J connectivity index is 3.06. The zero-order valence-electron chi connectivity index (χ0n) is 8.46. The normalized spacial score (nSPS) is 10.5. The van der Waals surface area contributed by atoms with Gasteiger partial charge in [-0.3, -0.25) is 9.78 Å². The molecule has 0 radical (unpaired) electrons. The molecular formula is C10H11F2NO2. The van der Waals surface area contributed by atoms with Gasteiger partial charge in [0.2, 0.25) is 0 Å². The third-order valence-electron chi connectivity index (χ3n) is 2.05. The molecule has 0 bridgehead atoms. The molecule has 82 valence electrons. The first-order valence-electron chi connectivity index (χ1n) is 4.35. The van der Waals surface area contributed by atoms with Crippen molar-refractivity contribution in [2.45, 2.75) is 19.8 Å². The molecule has 1 aromatic rings. The molecule has 0 aliphatic heterocycles. The van der Waals surface area contributed by atoms with Crippen LogP contribution in [-0.4, -0.2) is 18.1 Å². The zero-order chi connectivity index (χ0) is 11.4. The molecule has 0 aromatic carbocycles. The van der Waals surface area contributed by atoms with Crippen molar-refractivity contribution in [1.29, 1.82) is 0 Å². The van der Waals surface area contributed by atoms with Gasteiger partial charge in [-0.1, -0.05) is 0 Å². The van der Waals surface area contributed by atoms with Gasteiger partial charge < -0.3 is 4.74 Å². The molecule has 0 aliphatic rings. The Morgan fingerprint density at radius 3 is 2.80 bits per heavy atom. The number of halogens is 2. The van der Waals surface area contributed by atoms with E-state index in [0.717, 1.165) is 0 Å². The largest absolute Gasteiger partial charge is 0.469 e. The van der Waals surface area contributed by atoms with Crippen LogP contribution >= 0.6 is 0 Å². The van der Waals surface area contributed by atoms with Gasteiger partial charge in [0, 0.05) is 11.8 Å². The van der Waals surface area contributed by atoms with Crippen molar-refractivity contribution >= 4 is 5.97 Å². The Bertz CT molecular complexity index is 366. The molecule has 0 atom stereocenters. The van der Waals surface area contributed by atoms with Crippen LogP contribution in [0.15, 0.2) is 12.3 Å². The number of esters is 1. The molecule has 0 amide bonds. The first kappa shape index (κ1) is 11.6. The highest BCUT2D eigenvalue weighted by atomic mass is 19.3. The summed E-state index contributed by atoms with van der Waals surface area (Å²) in [7, 11) is 1.21. The Morgan fingerprint density at radius 1 is 1.60 bits per heavy atom.